The van der Waals surface area contributed by atoms with E-state index < -0.39 is 11.9 Å². The van der Waals surface area contributed by atoms with Crippen LogP contribution in [-0.4, -0.2) is 27.7 Å². The molecular formula is C16H15N3O2. The van der Waals surface area contributed by atoms with Crippen molar-refractivity contribution in [2.45, 2.75) is 19.0 Å². The Labute approximate surface area is 122 Å². The van der Waals surface area contributed by atoms with Crippen LogP contribution in [0.15, 0.2) is 48.8 Å². The van der Waals surface area contributed by atoms with Gasteiger partial charge in [-0.15, -0.1) is 0 Å². The summed E-state index contributed by atoms with van der Waals surface area (Å²) in [7, 11) is 0. The Morgan fingerprint density at radius 3 is 2.43 bits per heavy atom. The number of hydrogen-bond acceptors (Lipinski definition) is 3. The van der Waals surface area contributed by atoms with Crippen LogP contribution in [0.1, 0.15) is 21.5 Å². The van der Waals surface area contributed by atoms with Gasteiger partial charge in [-0.3, -0.25) is 14.6 Å². The summed E-state index contributed by atoms with van der Waals surface area (Å²) in [6.07, 6.45) is 3.58. The second kappa shape index (κ2) is 5.36. The van der Waals surface area contributed by atoms with Crippen LogP contribution >= 0.6 is 0 Å². The lowest BCUT2D eigenvalue weighted by Crippen LogP contribution is -2.51. The number of primary amides is 1. The molecule has 2 amide bonds. The number of benzene rings is 1. The van der Waals surface area contributed by atoms with Crippen LogP contribution < -0.4 is 5.73 Å². The van der Waals surface area contributed by atoms with Crippen molar-refractivity contribution >= 4 is 11.8 Å². The van der Waals surface area contributed by atoms with Crippen molar-refractivity contribution in [3.8, 4) is 0 Å². The molecule has 21 heavy (non-hydrogen) atoms. The molecular weight excluding hydrogens is 266 g/mol. The maximum Gasteiger partial charge on any atom is 0.254 e. The van der Waals surface area contributed by atoms with E-state index in [1.165, 1.54) is 0 Å². The highest BCUT2D eigenvalue weighted by Gasteiger charge is 2.33. The second-order valence-corrected chi connectivity index (χ2v) is 5.06. The molecule has 0 saturated carbocycles. The monoisotopic (exact) mass is 281 g/mol. The average molecular weight is 281 g/mol. The van der Waals surface area contributed by atoms with Crippen molar-refractivity contribution in [2.24, 2.45) is 5.73 Å². The van der Waals surface area contributed by atoms with E-state index >= 15 is 0 Å². The number of amides is 2. The lowest BCUT2D eigenvalue weighted by molar-refractivity contribution is -0.122. The predicted molar refractivity (Wildman–Crippen MR) is 77.2 cm³/mol. The Balaban J connectivity index is 1.96. The maximum absolute atomic E-state index is 12.6. The third-order valence-electron chi connectivity index (χ3n) is 3.77. The first kappa shape index (κ1) is 13.3. The van der Waals surface area contributed by atoms with Gasteiger partial charge < -0.3 is 10.6 Å². The highest BCUT2D eigenvalue weighted by Crippen LogP contribution is 2.24. The molecule has 1 atom stereocenters. The molecule has 1 aromatic heterocycles. The molecule has 0 radical (unpaired) electrons. The largest absolute Gasteiger partial charge is 0.368 e. The third kappa shape index (κ3) is 2.50. The zero-order valence-electron chi connectivity index (χ0n) is 11.4. The molecule has 5 nitrogen and oxygen atoms in total. The molecule has 3 rings (SSSR count). The number of pyridine rings is 1. The van der Waals surface area contributed by atoms with Gasteiger partial charge in [-0.25, -0.2) is 0 Å². The van der Waals surface area contributed by atoms with Gasteiger partial charge in [-0.2, -0.15) is 0 Å². The van der Waals surface area contributed by atoms with Crippen molar-refractivity contribution < 1.29 is 9.59 Å². The van der Waals surface area contributed by atoms with Gasteiger partial charge in [0.1, 0.15) is 6.04 Å². The summed E-state index contributed by atoms with van der Waals surface area (Å²) >= 11 is 0. The summed E-state index contributed by atoms with van der Waals surface area (Å²) in [6.45, 7) is 0.394. The SMILES string of the molecule is NC(=O)[C@H]1Cc2ccccc2CN1C(=O)c1ccncc1. The van der Waals surface area contributed by atoms with E-state index in [-0.39, 0.29) is 5.91 Å². The first-order valence-corrected chi connectivity index (χ1v) is 6.74. The number of carbonyl (C=O) groups excluding carboxylic acids is 2. The van der Waals surface area contributed by atoms with Crippen LogP contribution in [0.3, 0.4) is 0 Å². The zero-order chi connectivity index (χ0) is 14.8. The van der Waals surface area contributed by atoms with Crippen molar-refractivity contribution in [3.63, 3.8) is 0 Å². The van der Waals surface area contributed by atoms with Gasteiger partial charge in [0.05, 0.1) is 0 Å². The van der Waals surface area contributed by atoms with E-state index in [1.807, 2.05) is 24.3 Å². The fraction of sp³-hybridized carbons (Fsp3) is 0.188. The summed E-state index contributed by atoms with van der Waals surface area (Å²) in [5.41, 5.74) is 8.12. The normalized spacial score (nSPS) is 17.1. The minimum atomic E-state index is -0.611. The predicted octanol–water partition coefficient (Wildman–Crippen LogP) is 1.13. The van der Waals surface area contributed by atoms with Gasteiger partial charge in [0, 0.05) is 30.9 Å². The molecule has 0 spiro atoms. The number of aromatic nitrogens is 1. The van der Waals surface area contributed by atoms with Crippen LogP contribution in [0.2, 0.25) is 0 Å². The molecule has 0 fully saturated rings. The fourth-order valence-corrected chi connectivity index (χ4v) is 2.65. The van der Waals surface area contributed by atoms with Gasteiger partial charge in [0.15, 0.2) is 0 Å². The number of rotatable bonds is 2. The highest BCUT2D eigenvalue weighted by molar-refractivity contribution is 5.97. The quantitative estimate of drug-likeness (QED) is 0.896. The second-order valence-electron chi connectivity index (χ2n) is 5.06. The third-order valence-corrected chi connectivity index (χ3v) is 3.77. The van der Waals surface area contributed by atoms with Gasteiger partial charge in [0.2, 0.25) is 5.91 Å². The van der Waals surface area contributed by atoms with Crippen LogP contribution in [0.25, 0.3) is 0 Å². The molecule has 0 saturated heterocycles. The molecule has 0 aliphatic carbocycles. The molecule has 2 aromatic rings. The topological polar surface area (TPSA) is 76.3 Å². The molecule has 0 bridgehead atoms. The Hall–Kier alpha value is -2.69. The number of fused-ring (bicyclic) bond motifs is 1. The highest BCUT2D eigenvalue weighted by atomic mass is 16.2. The summed E-state index contributed by atoms with van der Waals surface area (Å²) in [4.78, 5) is 29.8. The van der Waals surface area contributed by atoms with E-state index in [2.05, 4.69) is 4.98 Å². The van der Waals surface area contributed by atoms with Crippen molar-refractivity contribution in [1.29, 1.82) is 0 Å². The lowest BCUT2D eigenvalue weighted by atomic mass is 9.93. The van der Waals surface area contributed by atoms with Gasteiger partial charge >= 0.3 is 0 Å². The van der Waals surface area contributed by atoms with Gasteiger partial charge in [-0.1, -0.05) is 24.3 Å². The Morgan fingerprint density at radius 2 is 1.76 bits per heavy atom. The van der Waals surface area contributed by atoms with E-state index in [1.54, 1.807) is 29.4 Å². The lowest BCUT2D eigenvalue weighted by Gasteiger charge is -2.35. The minimum absolute atomic E-state index is 0.198. The minimum Gasteiger partial charge on any atom is -0.368 e. The van der Waals surface area contributed by atoms with Crippen LogP contribution in [-0.2, 0) is 17.8 Å². The fourth-order valence-electron chi connectivity index (χ4n) is 2.65. The summed E-state index contributed by atoms with van der Waals surface area (Å²) in [6, 6.07) is 10.5. The zero-order valence-corrected chi connectivity index (χ0v) is 11.4. The Bertz CT molecular complexity index is 685. The first-order valence-electron chi connectivity index (χ1n) is 6.74. The summed E-state index contributed by atoms with van der Waals surface area (Å²) in [5.74, 6) is -0.678. The number of carbonyl (C=O) groups is 2. The smallest absolute Gasteiger partial charge is 0.254 e. The van der Waals surface area contributed by atoms with E-state index in [0.29, 0.717) is 18.5 Å². The molecule has 5 heteroatoms. The van der Waals surface area contributed by atoms with E-state index in [4.69, 9.17) is 5.73 Å². The van der Waals surface area contributed by atoms with E-state index in [0.717, 1.165) is 11.1 Å². The van der Waals surface area contributed by atoms with Gasteiger partial charge in [0.25, 0.3) is 5.91 Å². The number of nitrogens with two attached hydrogens (primary N) is 1. The van der Waals surface area contributed by atoms with E-state index in [9.17, 15) is 9.59 Å². The average Bonchev–Trinajstić information content (AvgIpc) is 2.53. The van der Waals surface area contributed by atoms with Crippen LogP contribution in [0.5, 0.6) is 0 Å². The molecule has 0 unspecified atom stereocenters. The molecule has 1 aromatic carbocycles. The number of hydrogen-bond donors (Lipinski definition) is 1. The van der Waals surface area contributed by atoms with Gasteiger partial charge in [-0.05, 0) is 23.3 Å². The standard InChI is InChI=1S/C16H15N3O2/c17-15(20)14-9-12-3-1-2-4-13(12)10-19(14)16(21)11-5-7-18-8-6-11/h1-8,14H,9-10H2,(H2,17,20)/t14-/m1/s1. The van der Waals surface area contributed by atoms with Crippen molar-refractivity contribution in [3.05, 3.63) is 65.5 Å². The Kier molecular flexibility index (Phi) is 3.39. The van der Waals surface area contributed by atoms with Crippen molar-refractivity contribution in [1.82, 2.24) is 9.88 Å². The summed E-state index contributed by atoms with van der Waals surface area (Å²) in [5, 5.41) is 0. The molecule has 106 valence electrons. The van der Waals surface area contributed by atoms with Crippen LogP contribution in [0.4, 0.5) is 0 Å². The molecule has 2 heterocycles. The molecule has 1 aliphatic rings. The molecule has 1 aliphatic heterocycles. The van der Waals surface area contributed by atoms with Crippen LogP contribution in [0, 0.1) is 0 Å². The summed E-state index contributed by atoms with van der Waals surface area (Å²) < 4.78 is 0. The molecule has 2 N–H and O–H groups in total. The Morgan fingerprint density at radius 1 is 1.10 bits per heavy atom. The number of nitrogens with zero attached hydrogens (tertiary/aromatic N) is 2. The first-order chi connectivity index (χ1) is 10.2. The van der Waals surface area contributed by atoms with Crippen molar-refractivity contribution in [2.75, 3.05) is 0 Å². The maximum atomic E-state index is 12.6.